The second kappa shape index (κ2) is 6.79. The summed E-state index contributed by atoms with van der Waals surface area (Å²) in [5, 5.41) is 0. The fourth-order valence-electron chi connectivity index (χ4n) is 2.86. The molecule has 0 radical (unpaired) electrons. The fraction of sp³-hybridized carbons (Fsp3) is 0.562. The molecule has 120 valence electrons. The molecule has 22 heavy (non-hydrogen) atoms. The second-order valence-corrected chi connectivity index (χ2v) is 7.06. The van der Waals surface area contributed by atoms with E-state index in [9.17, 15) is 4.79 Å². The molecule has 0 bridgehead atoms. The molecule has 1 unspecified atom stereocenters. The minimum Gasteiger partial charge on any atom is -0.454 e. The Hall–Kier alpha value is -1.40. The summed E-state index contributed by atoms with van der Waals surface area (Å²) in [5.74, 6) is 3.59. The van der Waals surface area contributed by atoms with Gasteiger partial charge in [0.15, 0.2) is 11.5 Å². The van der Waals surface area contributed by atoms with Gasteiger partial charge in [-0.15, -0.1) is 0 Å². The number of thioether (sulfide) groups is 1. The zero-order chi connectivity index (χ0) is 15.5. The molecule has 1 fully saturated rings. The van der Waals surface area contributed by atoms with Crippen molar-refractivity contribution >= 4 is 17.7 Å². The molecule has 1 amide bonds. The van der Waals surface area contributed by atoms with Crippen LogP contribution in [0.25, 0.3) is 0 Å². The Labute approximate surface area is 135 Å². The number of hydrogen-bond acceptors (Lipinski definition) is 5. The molecule has 3 rings (SSSR count). The number of carbonyl (C=O) groups excluding carboxylic acids is 1. The molecule has 1 aromatic rings. The number of amides is 1. The molecule has 1 saturated heterocycles. The minimum atomic E-state index is 0.0904. The summed E-state index contributed by atoms with van der Waals surface area (Å²) >= 11 is 1.94. The molecule has 1 aromatic carbocycles. The maximum atomic E-state index is 12.9. The van der Waals surface area contributed by atoms with Gasteiger partial charge in [0, 0.05) is 24.4 Å². The van der Waals surface area contributed by atoms with E-state index in [-0.39, 0.29) is 18.7 Å². The molecule has 0 N–H and O–H groups in total. The SMILES string of the molecule is CN(C)CC1CSCCCN1C(=O)c1ccc2c(c1)OCO2. The topological polar surface area (TPSA) is 42.0 Å². The van der Waals surface area contributed by atoms with Crippen molar-refractivity contribution in [1.82, 2.24) is 9.80 Å². The molecule has 0 aromatic heterocycles. The first kappa shape index (κ1) is 15.5. The van der Waals surface area contributed by atoms with Crippen molar-refractivity contribution in [2.24, 2.45) is 0 Å². The highest BCUT2D eigenvalue weighted by molar-refractivity contribution is 7.99. The maximum Gasteiger partial charge on any atom is 0.254 e. The normalized spacial score (nSPS) is 21.0. The Morgan fingerprint density at radius 3 is 3.00 bits per heavy atom. The summed E-state index contributed by atoms with van der Waals surface area (Å²) in [5.41, 5.74) is 0.680. The average Bonchev–Trinajstić information content (AvgIpc) is 2.85. The van der Waals surface area contributed by atoms with Crippen LogP contribution in [0.3, 0.4) is 0 Å². The number of carbonyl (C=O) groups is 1. The Bertz CT molecular complexity index is 550. The maximum absolute atomic E-state index is 12.9. The molecule has 5 nitrogen and oxygen atoms in total. The van der Waals surface area contributed by atoms with Gasteiger partial charge in [-0.05, 0) is 44.5 Å². The molecule has 2 aliphatic heterocycles. The Kier molecular flexibility index (Phi) is 4.78. The molecular weight excluding hydrogens is 300 g/mol. The third kappa shape index (κ3) is 3.33. The fourth-order valence-corrected chi connectivity index (χ4v) is 3.92. The number of rotatable bonds is 3. The number of fused-ring (bicyclic) bond motifs is 1. The lowest BCUT2D eigenvalue weighted by Gasteiger charge is -2.31. The van der Waals surface area contributed by atoms with Crippen molar-refractivity contribution in [1.29, 1.82) is 0 Å². The van der Waals surface area contributed by atoms with Crippen LogP contribution in [-0.4, -0.2) is 67.2 Å². The largest absolute Gasteiger partial charge is 0.454 e. The lowest BCUT2D eigenvalue weighted by atomic mass is 10.1. The first-order chi connectivity index (χ1) is 10.6. The number of likely N-dealkylation sites (N-methyl/N-ethyl adjacent to an activating group) is 1. The molecule has 0 spiro atoms. The van der Waals surface area contributed by atoms with Crippen LogP contribution in [0.5, 0.6) is 11.5 Å². The predicted octanol–water partition coefficient (Wildman–Crippen LogP) is 1.92. The standard InChI is InChI=1S/C16H22N2O3S/c1-17(2)9-13-10-22-7-3-6-18(13)16(19)12-4-5-14-15(8-12)21-11-20-14/h4-5,8,13H,3,6-7,9-11H2,1-2H3. The van der Waals surface area contributed by atoms with E-state index in [1.165, 1.54) is 0 Å². The lowest BCUT2D eigenvalue weighted by Crippen LogP contribution is -2.46. The van der Waals surface area contributed by atoms with E-state index in [4.69, 9.17) is 9.47 Å². The van der Waals surface area contributed by atoms with Gasteiger partial charge in [-0.2, -0.15) is 11.8 Å². The van der Waals surface area contributed by atoms with Gasteiger partial charge in [0.2, 0.25) is 6.79 Å². The van der Waals surface area contributed by atoms with Crippen molar-refractivity contribution in [2.45, 2.75) is 12.5 Å². The van der Waals surface area contributed by atoms with Crippen LogP contribution in [0.15, 0.2) is 18.2 Å². The van der Waals surface area contributed by atoms with E-state index < -0.39 is 0 Å². The summed E-state index contributed by atoms with van der Waals surface area (Å²) in [6.07, 6.45) is 1.05. The van der Waals surface area contributed by atoms with Gasteiger partial charge in [0.25, 0.3) is 5.91 Å². The van der Waals surface area contributed by atoms with Gasteiger partial charge in [-0.3, -0.25) is 4.79 Å². The van der Waals surface area contributed by atoms with Crippen LogP contribution in [0.1, 0.15) is 16.8 Å². The quantitative estimate of drug-likeness (QED) is 0.850. The van der Waals surface area contributed by atoms with Crippen LogP contribution in [0.4, 0.5) is 0 Å². The molecule has 1 atom stereocenters. The molecule has 0 aliphatic carbocycles. The van der Waals surface area contributed by atoms with Crippen LogP contribution in [0.2, 0.25) is 0 Å². The first-order valence-corrected chi connectivity index (χ1v) is 8.73. The molecular formula is C16H22N2O3S. The van der Waals surface area contributed by atoms with Crippen molar-refractivity contribution < 1.29 is 14.3 Å². The van der Waals surface area contributed by atoms with Crippen LogP contribution in [0, 0.1) is 0 Å². The van der Waals surface area contributed by atoms with Gasteiger partial charge in [0.05, 0.1) is 6.04 Å². The average molecular weight is 322 g/mol. The number of nitrogens with zero attached hydrogens (tertiary/aromatic N) is 2. The lowest BCUT2D eigenvalue weighted by molar-refractivity contribution is 0.0675. The zero-order valence-electron chi connectivity index (χ0n) is 13.1. The second-order valence-electron chi connectivity index (χ2n) is 5.91. The van der Waals surface area contributed by atoms with E-state index in [1.54, 1.807) is 6.07 Å². The van der Waals surface area contributed by atoms with E-state index >= 15 is 0 Å². The summed E-state index contributed by atoms with van der Waals surface area (Å²) in [6.45, 7) is 1.94. The van der Waals surface area contributed by atoms with Crippen molar-refractivity contribution in [3.05, 3.63) is 23.8 Å². The highest BCUT2D eigenvalue weighted by atomic mass is 32.2. The molecule has 2 heterocycles. The Morgan fingerprint density at radius 2 is 2.18 bits per heavy atom. The number of benzene rings is 1. The summed E-state index contributed by atoms with van der Waals surface area (Å²) < 4.78 is 10.7. The zero-order valence-corrected chi connectivity index (χ0v) is 13.9. The highest BCUT2D eigenvalue weighted by Gasteiger charge is 2.28. The van der Waals surface area contributed by atoms with Crippen molar-refractivity contribution in [3.63, 3.8) is 0 Å². The van der Waals surface area contributed by atoms with Crippen LogP contribution >= 0.6 is 11.8 Å². The molecule has 6 heteroatoms. The van der Waals surface area contributed by atoms with E-state index in [0.717, 1.165) is 31.0 Å². The number of ether oxygens (including phenoxy) is 2. The summed E-state index contributed by atoms with van der Waals surface area (Å²) in [7, 11) is 4.11. The summed E-state index contributed by atoms with van der Waals surface area (Å²) in [4.78, 5) is 17.1. The van der Waals surface area contributed by atoms with E-state index in [0.29, 0.717) is 17.1 Å². The van der Waals surface area contributed by atoms with Crippen molar-refractivity contribution in [2.75, 3.05) is 45.5 Å². The summed E-state index contributed by atoms with van der Waals surface area (Å²) in [6, 6.07) is 5.71. The van der Waals surface area contributed by atoms with Gasteiger partial charge in [-0.25, -0.2) is 0 Å². The third-order valence-electron chi connectivity index (χ3n) is 3.89. The van der Waals surface area contributed by atoms with Gasteiger partial charge in [-0.1, -0.05) is 0 Å². The Balaban J connectivity index is 1.81. The molecule has 0 saturated carbocycles. The first-order valence-electron chi connectivity index (χ1n) is 7.58. The van der Waals surface area contributed by atoms with Crippen LogP contribution in [-0.2, 0) is 0 Å². The Morgan fingerprint density at radius 1 is 1.36 bits per heavy atom. The monoisotopic (exact) mass is 322 g/mol. The molecule has 2 aliphatic rings. The smallest absolute Gasteiger partial charge is 0.254 e. The van der Waals surface area contributed by atoms with Gasteiger partial charge >= 0.3 is 0 Å². The van der Waals surface area contributed by atoms with Crippen molar-refractivity contribution in [3.8, 4) is 11.5 Å². The van der Waals surface area contributed by atoms with E-state index in [2.05, 4.69) is 19.0 Å². The van der Waals surface area contributed by atoms with Crippen LogP contribution < -0.4 is 9.47 Å². The predicted molar refractivity (Wildman–Crippen MR) is 87.9 cm³/mol. The van der Waals surface area contributed by atoms with E-state index in [1.807, 2.05) is 28.8 Å². The van der Waals surface area contributed by atoms with Gasteiger partial charge in [0.1, 0.15) is 0 Å². The minimum absolute atomic E-state index is 0.0904. The van der Waals surface area contributed by atoms with Gasteiger partial charge < -0.3 is 19.3 Å². The highest BCUT2D eigenvalue weighted by Crippen LogP contribution is 2.33. The number of hydrogen-bond donors (Lipinski definition) is 0. The third-order valence-corrected chi connectivity index (χ3v) is 5.09.